The van der Waals surface area contributed by atoms with E-state index in [0.717, 1.165) is 17.8 Å². The molecule has 0 saturated heterocycles. The number of nitrogens with zero attached hydrogens (tertiary/aromatic N) is 1. The maximum absolute atomic E-state index is 6.05. The SMILES string of the molecule is CC1CCCCC/C(N(C)N)=C\1N. The van der Waals surface area contributed by atoms with E-state index in [1.54, 1.807) is 5.01 Å². The van der Waals surface area contributed by atoms with Crippen molar-refractivity contribution in [1.29, 1.82) is 0 Å². The van der Waals surface area contributed by atoms with Gasteiger partial charge in [0.05, 0.1) is 0 Å². The lowest BCUT2D eigenvalue weighted by Gasteiger charge is -2.25. The molecule has 0 amide bonds. The van der Waals surface area contributed by atoms with Crippen LogP contribution in [0.1, 0.15) is 39.0 Å². The summed E-state index contributed by atoms with van der Waals surface area (Å²) in [5, 5.41) is 1.68. The minimum atomic E-state index is 0.487. The Kier molecular flexibility index (Phi) is 3.60. The number of nitrogens with two attached hydrogens (primary N) is 2. The third kappa shape index (κ3) is 2.62. The van der Waals surface area contributed by atoms with E-state index in [4.69, 9.17) is 11.6 Å². The van der Waals surface area contributed by atoms with Crippen molar-refractivity contribution in [2.45, 2.75) is 39.0 Å². The first-order chi connectivity index (χ1) is 6.13. The molecule has 3 heteroatoms. The topological polar surface area (TPSA) is 55.3 Å². The van der Waals surface area contributed by atoms with E-state index in [1.165, 1.54) is 25.7 Å². The van der Waals surface area contributed by atoms with Crippen LogP contribution in [-0.2, 0) is 0 Å². The van der Waals surface area contributed by atoms with E-state index in [9.17, 15) is 0 Å². The van der Waals surface area contributed by atoms with Crippen molar-refractivity contribution in [2.75, 3.05) is 7.05 Å². The van der Waals surface area contributed by atoms with Crippen molar-refractivity contribution in [2.24, 2.45) is 17.5 Å². The number of allylic oxidation sites excluding steroid dienone is 2. The molecule has 0 radical (unpaired) electrons. The molecule has 1 aliphatic carbocycles. The van der Waals surface area contributed by atoms with Gasteiger partial charge < -0.3 is 10.7 Å². The standard InChI is InChI=1S/C10H21N3/c1-8-6-4-3-5-7-9(10(8)11)13(2)12/h8H,3-7,11-12H2,1-2H3/b10-9-. The highest BCUT2D eigenvalue weighted by Crippen LogP contribution is 2.24. The molecule has 0 bridgehead atoms. The summed E-state index contributed by atoms with van der Waals surface area (Å²) in [5.41, 5.74) is 8.17. The molecule has 13 heavy (non-hydrogen) atoms. The van der Waals surface area contributed by atoms with Gasteiger partial charge in [-0.3, -0.25) is 0 Å². The average Bonchev–Trinajstić information content (AvgIpc) is 2.06. The molecule has 0 aliphatic heterocycles. The lowest BCUT2D eigenvalue weighted by atomic mass is 9.93. The molecule has 0 spiro atoms. The maximum atomic E-state index is 6.05. The van der Waals surface area contributed by atoms with Gasteiger partial charge in [-0.25, -0.2) is 5.84 Å². The minimum Gasteiger partial charge on any atom is -0.400 e. The molecule has 0 fully saturated rings. The Bertz CT molecular complexity index is 196. The third-order valence-corrected chi connectivity index (χ3v) is 2.84. The fraction of sp³-hybridized carbons (Fsp3) is 0.800. The predicted molar refractivity (Wildman–Crippen MR) is 55.4 cm³/mol. The summed E-state index contributed by atoms with van der Waals surface area (Å²) in [6.07, 6.45) is 6.04. The molecule has 0 saturated carbocycles. The summed E-state index contributed by atoms with van der Waals surface area (Å²) >= 11 is 0. The first kappa shape index (κ1) is 10.4. The first-order valence-corrected chi connectivity index (χ1v) is 5.10. The second-order valence-corrected chi connectivity index (χ2v) is 4.01. The smallest absolute Gasteiger partial charge is 0.0477 e. The van der Waals surface area contributed by atoms with Crippen LogP contribution in [0.3, 0.4) is 0 Å². The Morgan fingerprint density at radius 1 is 1.31 bits per heavy atom. The molecule has 1 rings (SSSR count). The van der Waals surface area contributed by atoms with Gasteiger partial charge >= 0.3 is 0 Å². The lowest BCUT2D eigenvalue weighted by molar-refractivity contribution is 0.382. The Labute approximate surface area is 80.7 Å². The van der Waals surface area contributed by atoms with Crippen molar-refractivity contribution in [3.05, 3.63) is 11.4 Å². The molecular formula is C10H21N3. The zero-order chi connectivity index (χ0) is 9.84. The predicted octanol–water partition coefficient (Wildman–Crippen LogP) is 1.56. The second-order valence-electron chi connectivity index (χ2n) is 4.01. The minimum absolute atomic E-state index is 0.487. The molecule has 3 nitrogen and oxygen atoms in total. The zero-order valence-electron chi connectivity index (χ0n) is 8.71. The number of rotatable bonds is 1. The maximum Gasteiger partial charge on any atom is 0.0477 e. The van der Waals surface area contributed by atoms with Gasteiger partial charge in [0, 0.05) is 18.4 Å². The van der Waals surface area contributed by atoms with Gasteiger partial charge in [0.2, 0.25) is 0 Å². The van der Waals surface area contributed by atoms with Gasteiger partial charge in [0.25, 0.3) is 0 Å². The van der Waals surface area contributed by atoms with Crippen molar-refractivity contribution in [3.8, 4) is 0 Å². The van der Waals surface area contributed by atoms with Crippen LogP contribution < -0.4 is 11.6 Å². The van der Waals surface area contributed by atoms with Gasteiger partial charge in [0.1, 0.15) is 0 Å². The third-order valence-electron chi connectivity index (χ3n) is 2.84. The van der Waals surface area contributed by atoms with Crippen molar-refractivity contribution in [3.63, 3.8) is 0 Å². The summed E-state index contributed by atoms with van der Waals surface area (Å²) in [6.45, 7) is 2.18. The van der Waals surface area contributed by atoms with Crippen LogP contribution in [-0.4, -0.2) is 12.1 Å². The van der Waals surface area contributed by atoms with Crippen LogP contribution in [0.25, 0.3) is 0 Å². The Balaban J connectivity index is 2.81. The monoisotopic (exact) mass is 183 g/mol. The van der Waals surface area contributed by atoms with Crippen molar-refractivity contribution >= 4 is 0 Å². The van der Waals surface area contributed by atoms with Crippen LogP contribution in [0, 0.1) is 5.92 Å². The number of hydrazine groups is 1. The van der Waals surface area contributed by atoms with Crippen LogP contribution in [0.15, 0.2) is 11.4 Å². The quantitative estimate of drug-likeness (QED) is 0.479. The Morgan fingerprint density at radius 2 is 2.00 bits per heavy atom. The van der Waals surface area contributed by atoms with Crippen LogP contribution >= 0.6 is 0 Å². The molecule has 0 heterocycles. The van der Waals surface area contributed by atoms with Crippen molar-refractivity contribution in [1.82, 2.24) is 5.01 Å². The van der Waals surface area contributed by atoms with Gasteiger partial charge in [-0.15, -0.1) is 0 Å². The molecule has 0 aromatic heterocycles. The summed E-state index contributed by atoms with van der Waals surface area (Å²) < 4.78 is 0. The average molecular weight is 183 g/mol. The van der Waals surface area contributed by atoms with Gasteiger partial charge in [-0.05, 0) is 25.2 Å². The van der Waals surface area contributed by atoms with Gasteiger partial charge in [-0.1, -0.05) is 19.8 Å². The van der Waals surface area contributed by atoms with Gasteiger partial charge in [-0.2, -0.15) is 0 Å². The van der Waals surface area contributed by atoms with E-state index < -0.39 is 0 Å². The highest BCUT2D eigenvalue weighted by atomic mass is 15.4. The largest absolute Gasteiger partial charge is 0.400 e. The molecular weight excluding hydrogens is 162 g/mol. The normalized spacial score (nSPS) is 30.8. The molecule has 1 aliphatic rings. The van der Waals surface area contributed by atoms with E-state index in [-0.39, 0.29) is 0 Å². The molecule has 0 aromatic rings. The summed E-state index contributed by atoms with van der Waals surface area (Å²) in [7, 11) is 1.87. The van der Waals surface area contributed by atoms with Crippen LogP contribution in [0.4, 0.5) is 0 Å². The lowest BCUT2D eigenvalue weighted by Crippen LogP contribution is -2.30. The molecule has 4 N–H and O–H groups in total. The Hall–Kier alpha value is -0.700. The van der Waals surface area contributed by atoms with E-state index in [1.807, 2.05) is 7.05 Å². The fourth-order valence-electron chi connectivity index (χ4n) is 1.88. The van der Waals surface area contributed by atoms with Crippen molar-refractivity contribution < 1.29 is 0 Å². The molecule has 1 atom stereocenters. The van der Waals surface area contributed by atoms with E-state index >= 15 is 0 Å². The fourth-order valence-corrected chi connectivity index (χ4v) is 1.88. The first-order valence-electron chi connectivity index (χ1n) is 5.10. The summed E-state index contributed by atoms with van der Waals surface area (Å²) in [6, 6.07) is 0. The van der Waals surface area contributed by atoms with Crippen LogP contribution in [0.2, 0.25) is 0 Å². The molecule has 0 aromatic carbocycles. The Morgan fingerprint density at radius 3 is 2.62 bits per heavy atom. The molecule has 76 valence electrons. The molecule has 1 unspecified atom stereocenters. The zero-order valence-corrected chi connectivity index (χ0v) is 8.71. The van der Waals surface area contributed by atoms with E-state index in [0.29, 0.717) is 5.92 Å². The summed E-state index contributed by atoms with van der Waals surface area (Å²) in [5.74, 6) is 6.22. The highest BCUT2D eigenvalue weighted by molar-refractivity contribution is 5.12. The number of hydrogen-bond donors (Lipinski definition) is 2. The van der Waals surface area contributed by atoms with Gasteiger partial charge in [0.15, 0.2) is 0 Å². The second kappa shape index (κ2) is 4.51. The van der Waals surface area contributed by atoms with E-state index in [2.05, 4.69) is 6.92 Å². The van der Waals surface area contributed by atoms with Crippen LogP contribution in [0.5, 0.6) is 0 Å². The highest BCUT2D eigenvalue weighted by Gasteiger charge is 2.15. The number of hydrogen-bond acceptors (Lipinski definition) is 3. The summed E-state index contributed by atoms with van der Waals surface area (Å²) in [4.78, 5) is 0.